The van der Waals surface area contributed by atoms with Crippen molar-refractivity contribution in [2.75, 3.05) is 11.9 Å². The second kappa shape index (κ2) is 7.75. The van der Waals surface area contributed by atoms with E-state index in [9.17, 15) is 4.79 Å². The Hall–Kier alpha value is -3.26. The number of unbranched alkanes of at least 4 members (excludes halogenated alkanes) is 1. The number of carbonyl (C=O) groups is 1. The number of nitrogens with one attached hydrogen (secondary N) is 2. The molecule has 3 aromatic rings. The molecule has 2 aromatic carbocycles. The summed E-state index contributed by atoms with van der Waals surface area (Å²) in [6.07, 6.45) is 1.15. The first-order valence-electron chi connectivity index (χ1n) is 8.58. The lowest BCUT2D eigenvalue weighted by atomic mass is 10.1. The number of nitrogens with zero attached hydrogens (tertiary/aromatic N) is 1. The summed E-state index contributed by atoms with van der Waals surface area (Å²) in [4.78, 5) is 15.9. The minimum Gasteiger partial charge on any atom is -0.493 e. The summed E-state index contributed by atoms with van der Waals surface area (Å²) < 4.78 is 5.61. The molecule has 0 aliphatic heterocycles. The van der Waals surface area contributed by atoms with E-state index in [2.05, 4.69) is 16.4 Å². The van der Waals surface area contributed by atoms with Crippen molar-refractivity contribution < 1.29 is 9.53 Å². The summed E-state index contributed by atoms with van der Waals surface area (Å²) >= 11 is 0. The molecular formula is C21H21N3O2. The third kappa shape index (κ3) is 3.86. The summed E-state index contributed by atoms with van der Waals surface area (Å²) in [6, 6.07) is 15.0. The van der Waals surface area contributed by atoms with Gasteiger partial charge in [0.05, 0.1) is 12.7 Å². The van der Waals surface area contributed by atoms with Crippen LogP contribution in [0.25, 0.3) is 10.9 Å². The van der Waals surface area contributed by atoms with E-state index in [4.69, 9.17) is 10.00 Å². The van der Waals surface area contributed by atoms with Crippen LogP contribution in [-0.4, -0.2) is 17.5 Å². The number of anilines is 1. The van der Waals surface area contributed by atoms with Crippen LogP contribution in [0.15, 0.2) is 42.5 Å². The zero-order valence-electron chi connectivity index (χ0n) is 14.9. The molecule has 0 aliphatic rings. The first-order chi connectivity index (χ1) is 12.6. The zero-order chi connectivity index (χ0) is 18.5. The maximum Gasteiger partial charge on any atom is 0.255 e. The van der Waals surface area contributed by atoms with Gasteiger partial charge in [0.2, 0.25) is 0 Å². The molecule has 26 heavy (non-hydrogen) atoms. The SMILES string of the molecule is Cc1[nH]c2ccc(C(=O)Nc3cccc(OCCCC#N)c3)cc2c1C. The van der Waals surface area contributed by atoms with Crippen LogP contribution in [0.4, 0.5) is 5.69 Å². The molecule has 1 heterocycles. The molecular weight excluding hydrogens is 326 g/mol. The molecule has 0 bridgehead atoms. The summed E-state index contributed by atoms with van der Waals surface area (Å²) in [5.74, 6) is 0.514. The first-order valence-corrected chi connectivity index (χ1v) is 8.58. The van der Waals surface area contributed by atoms with Crippen molar-refractivity contribution in [3.63, 3.8) is 0 Å². The molecule has 1 aromatic heterocycles. The van der Waals surface area contributed by atoms with E-state index in [1.807, 2.05) is 50.2 Å². The normalized spacial score (nSPS) is 10.5. The fourth-order valence-electron chi connectivity index (χ4n) is 2.81. The average molecular weight is 347 g/mol. The van der Waals surface area contributed by atoms with Crippen molar-refractivity contribution in [2.45, 2.75) is 26.7 Å². The molecule has 0 fully saturated rings. The molecule has 0 atom stereocenters. The number of aromatic amines is 1. The summed E-state index contributed by atoms with van der Waals surface area (Å²) in [5, 5.41) is 12.5. The number of nitriles is 1. The number of hydrogen-bond acceptors (Lipinski definition) is 3. The molecule has 1 amide bonds. The second-order valence-electron chi connectivity index (χ2n) is 6.23. The number of aromatic nitrogens is 1. The van der Waals surface area contributed by atoms with Gasteiger partial charge in [-0.1, -0.05) is 6.07 Å². The molecule has 2 N–H and O–H groups in total. The summed E-state index contributed by atoms with van der Waals surface area (Å²) in [7, 11) is 0. The number of H-pyrrole nitrogens is 1. The molecule has 0 saturated carbocycles. The molecule has 0 saturated heterocycles. The van der Waals surface area contributed by atoms with Gasteiger partial charge >= 0.3 is 0 Å². The third-order valence-electron chi connectivity index (χ3n) is 4.36. The van der Waals surface area contributed by atoms with Crippen molar-refractivity contribution in [2.24, 2.45) is 0 Å². The van der Waals surface area contributed by atoms with Gasteiger partial charge in [-0.15, -0.1) is 0 Å². The average Bonchev–Trinajstić information content (AvgIpc) is 2.93. The highest BCUT2D eigenvalue weighted by Gasteiger charge is 2.10. The van der Waals surface area contributed by atoms with Gasteiger partial charge in [-0.05, 0) is 56.2 Å². The lowest BCUT2D eigenvalue weighted by Gasteiger charge is -2.09. The minimum absolute atomic E-state index is 0.160. The second-order valence-corrected chi connectivity index (χ2v) is 6.23. The number of hydrogen-bond donors (Lipinski definition) is 2. The molecule has 132 valence electrons. The maximum atomic E-state index is 12.6. The molecule has 0 spiro atoms. The fourth-order valence-corrected chi connectivity index (χ4v) is 2.81. The van der Waals surface area contributed by atoms with Crippen LogP contribution in [0.2, 0.25) is 0 Å². The van der Waals surface area contributed by atoms with Crippen LogP contribution in [-0.2, 0) is 0 Å². The number of fused-ring (bicyclic) bond motifs is 1. The molecule has 3 rings (SSSR count). The zero-order valence-corrected chi connectivity index (χ0v) is 14.9. The largest absolute Gasteiger partial charge is 0.493 e. The van der Waals surface area contributed by atoms with Gasteiger partial charge in [0, 0.05) is 40.3 Å². The van der Waals surface area contributed by atoms with Crippen molar-refractivity contribution in [3.05, 3.63) is 59.3 Å². The van der Waals surface area contributed by atoms with E-state index < -0.39 is 0 Å². The first kappa shape index (κ1) is 17.6. The van der Waals surface area contributed by atoms with E-state index in [1.54, 1.807) is 6.07 Å². The molecule has 5 heteroatoms. The van der Waals surface area contributed by atoms with Crippen LogP contribution in [0, 0.1) is 25.2 Å². The number of carbonyl (C=O) groups excluding carboxylic acids is 1. The lowest BCUT2D eigenvalue weighted by molar-refractivity contribution is 0.102. The highest BCUT2D eigenvalue weighted by molar-refractivity contribution is 6.06. The monoisotopic (exact) mass is 347 g/mol. The van der Waals surface area contributed by atoms with E-state index in [0.717, 1.165) is 22.2 Å². The Bertz CT molecular complexity index is 983. The highest BCUT2D eigenvalue weighted by atomic mass is 16.5. The van der Waals surface area contributed by atoms with Crippen LogP contribution in [0.5, 0.6) is 5.75 Å². The van der Waals surface area contributed by atoms with Crippen LogP contribution in [0.1, 0.15) is 34.5 Å². The van der Waals surface area contributed by atoms with Crippen molar-refractivity contribution >= 4 is 22.5 Å². The van der Waals surface area contributed by atoms with Crippen molar-refractivity contribution in [1.29, 1.82) is 5.26 Å². The van der Waals surface area contributed by atoms with Crippen LogP contribution < -0.4 is 10.1 Å². The Balaban J connectivity index is 1.71. The molecule has 0 unspecified atom stereocenters. The number of rotatable bonds is 6. The van der Waals surface area contributed by atoms with Crippen LogP contribution in [0.3, 0.4) is 0 Å². The smallest absolute Gasteiger partial charge is 0.255 e. The van der Waals surface area contributed by atoms with Gasteiger partial charge in [-0.3, -0.25) is 4.79 Å². The minimum atomic E-state index is -0.160. The number of ether oxygens (including phenoxy) is 1. The predicted octanol–water partition coefficient (Wildman–Crippen LogP) is 4.72. The van der Waals surface area contributed by atoms with Crippen molar-refractivity contribution in [1.82, 2.24) is 4.98 Å². The van der Waals surface area contributed by atoms with Gasteiger partial charge < -0.3 is 15.0 Å². The van der Waals surface area contributed by atoms with Crippen LogP contribution >= 0.6 is 0 Å². The fraction of sp³-hybridized carbons (Fsp3) is 0.238. The molecule has 5 nitrogen and oxygen atoms in total. The topological polar surface area (TPSA) is 77.9 Å². The van der Waals surface area contributed by atoms with E-state index >= 15 is 0 Å². The van der Waals surface area contributed by atoms with E-state index in [0.29, 0.717) is 36.4 Å². The van der Waals surface area contributed by atoms with Gasteiger partial charge in [-0.2, -0.15) is 5.26 Å². The lowest BCUT2D eigenvalue weighted by Crippen LogP contribution is -2.11. The van der Waals surface area contributed by atoms with Gasteiger partial charge in [0.25, 0.3) is 5.91 Å². The summed E-state index contributed by atoms with van der Waals surface area (Å²) in [5.41, 5.74) is 4.58. The van der Waals surface area contributed by atoms with Gasteiger partial charge in [0.1, 0.15) is 5.75 Å². The summed E-state index contributed by atoms with van der Waals surface area (Å²) in [6.45, 7) is 4.55. The maximum absolute atomic E-state index is 12.6. The Morgan fingerprint density at radius 1 is 1.23 bits per heavy atom. The van der Waals surface area contributed by atoms with E-state index in [-0.39, 0.29) is 5.91 Å². The third-order valence-corrected chi connectivity index (χ3v) is 4.36. The highest BCUT2D eigenvalue weighted by Crippen LogP contribution is 2.23. The Morgan fingerprint density at radius 3 is 2.88 bits per heavy atom. The van der Waals surface area contributed by atoms with Crippen molar-refractivity contribution in [3.8, 4) is 11.8 Å². The standard InChI is InChI=1S/C21H21N3O2/c1-14-15(2)23-20-9-8-16(12-19(14)20)21(25)24-17-6-5-7-18(13-17)26-11-4-3-10-22/h5-9,12-13,23H,3-4,11H2,1-2H3,(H,24,25). The Labute approximate surface area is 152 Å². The number of aryl methyl sites for hydroxylation is 2. The van der Waals surface area contributed by atoms with Gasteiger partial charge in [0.15, 0.2) is 0 Å². The van der Waals surface area contributed by atoms with Gasteiger partial charge in [-0.25, -0.2) is 0 Å². The number of benzene rings is 2. The van der Waals surface area contributed by atoms with E-state index in [1.165, 1.54) is 0 Å². The molecule has 0 aliphatic carbocycles. The quantitative estimate of drug-likeness (QED) is 0.633. The molecule has 0 radical (unpaired) electrons. The Kier molecular flexibility index (Phi) is 5.23. The Morgan fingerprint density at radius 2 is 2.08 bits per heavy atom. The number of amides is 1. The predicted molar refractivity (Wildman–Crippen MR) is 103 cm³/mol.